The van der Waals surface area contributed by atoms with Crippen LogP contribution in [0.5, 0.6) is 51.7 Å². The Kier molecular flexibility index (Phi) is 22.0. The lowest BCUT2D eigenvalue weighted by Gasteiger charge is -2.29. The molecule has 0 bridgehead atoms. The fourth-order valence-electron chi connectivity index (χ4n) is 8.55. The molecule has 12 rings (SSSR count). The van der Waals surface area contributed by atoms with Gasteiger partial charge in [0.05, 0.1) is 27.6 Å². The zero-order valence-electron chi connectivity index (χ0n) is 43.9. The summed E-state index contributed by atoms with van der Waals surface area (Å²) >= 11 is 9.46. The van der Waals surface area contributed by atoms with E-state index in [1.165, 1.54) is 66.7 Å². The van der Waals surface area contributed by atoms with E-state index in [-0.39, 0.29) is 61.1 Å². The minimum absolute atomic E-state index is 0. The molecule has 3 atom stereocenters. The first-order chi connectivity index (χ1) is 39.6. The minimum Gasteiger partial charge on any atom is -0.508 e. The van der Waals surface area contributed by atoms with Crippen LogP contribution in [0.15, 0.2) is 212 Å². The number of fused-ring (bicyclic) bond motifs is 9. The Hall–Kier alpha value is -8.87. The highest BCUT2D eigenvalue weighted by atomic mass is 35.5. The van der Waals surface area contributed by atoms with Crippen molar-refractivity contribution in [2.24, 2.45) is 0 Å². The molecule has 0 spiro atoms. The highest BCUT2D eigenvalue weighted by Crippen LogP contribution is 2.56. The van der Waals surface area contributed by atoms with Crippen LogP contribution >= 0.6 is 45.3 Å². The average molecular weight is 1250 g/mol. The molecule has 16 nitrogen and oxygen atoms in total. The van der Waals surface area contributed by atoms with Gasteiger partial charge in [0.1, 0.15) is 58.2 Å². The van der Waals surface area contributed by atoms with Crippen LogP contribution in [-0.4, -0.2) is 56.2 Å². The van der Waals surface area contributed by atoms with Gasteiger partial charge in [-0.3, -0.25) is 32.9 Å². The molecule has 21 heteroatoms. The summed E-state index contributed by atoms with van der Waals surface area (Å²) in [6.45, 7) is 3.34. The number of benzene rings is 9. The second-order valence-corrected chi connectivity index (χ2v) is 26.0. The van der Waals surface area contributed by atoms with E-state index >= 15 is 0 Å². The van der Waals surface area contributed by atoms with E-state index in [0.29, 0.717) is 22.6 Å². The number of phenolic OH excluding ortho intramolecular Hbond substituents is 4. The molecule has 9 aromatic rings. The number of halogens is 2. The Labute approximate surface area is 501 Å². The predicted octanol–water partition coefficient (Wildman–Crippen LogP) is 14.1. The van der Waals surface area contributed by atoms with E-state index in [0.717, 1.165) is 44.0 Å². The maximum atomic E-state index is 13.7. The zero-order chi connectivity index (χ0) is 59.5. The Morgan fingerprint density at radius 3 is 1.08 bits per heavy atom. The maximum Gasteiger partial charge on any atom is 0.322 e. The lowest BCUT2D eigenvalue weighted by Crippen LogP contribution is -2.25. The molecule has 4 N–H and O–H groups in total. The number of hydrogen-bond donors (Lipinski definition) is 4. The van der Waals surface area contributed by atoms with Crippen LogP contribution in [0.3, 0.4) is 0 Å². The van der Waals surface area contributed by atoms with Crippen molar-refractivity contribution in [1.82, 2.24) is 0 Å². The van der Waals surface area contributed by atoms with Gasteiger partial charge < -0.3 is 43.5 Å². The molecular formula is C64H57Cl2O16P3. The summed E-state index contributed by atoms with van der Waals surface area (Å²) in [5.74, 6) is 0.659. The Morgan fingerprint density at radius 1 is 0.388 bits per heavy atom. The molecule has 438 valence electrons. The van der Waals surface area contributed by atoms with Gasteiger partial charge >= 0.3 is 19.3 Å². The number of hydrogen-bond acceptors (Lipinski definition) is 16. The Bertz CT molecular complexity index is 3860. The molecule has 85 heavy (non-hydrogen) atoms. The number of carbonyl (C=O) groups excluding carboxylic acids is 4. The van der Waals surface area contributed by atoms with E-state index in [1.807, 2.05) is 121 Å². The summed E-state index contributed by atoms with van der Waals surface area (Å²) in [4.78, 5) is 42.5. The van der Waals surface area contributed by atoms with Gasteiger partial charge in [-0.1, -0.05) is 124 Å². The number of esters is 2. The third kappa shape index (κ3) is 16.3. The van der Waals surface area contributed by atoms with Crippen LogP contribution in [0.25, 0.3) is 33.4 Å². The quantitative estimate of drug-likeness (QED) is 0.0289. The first-order valence-corrected chi connectivity index (χ1v) is 31.4. The third-order valence-electron chi connectivity index (χ3n) is 12.2. The van der Waals surface area contributed by atoms with Crippen LogP contribution in [0.4, 0.5) is 0 Å². The number of ether oxygens (including phenoxy) is 2. The molecule has 9 aromatic carbocycles. The molecule has 0 aliphatic carbocycles. The normalized spacial score (nSPS) is 16.4. The lowest BCUT2D eigenvalue weighted by atomic mass is 10.0. The van der Waals surface area contributed by atoms with E-state index in [2.05, 4.69) is 0 Å². The fourth-order valence-corrected chi connectivity index (χ4v) is 14.5. The Balaban J connectivity index is 0.000000175. The summed E-state index contributed by atoms with van der Waals surface area (Å²) in [6, 6.07) is 60.5. The molecule has 0 saturated heterocycles. The van der Waals surface area contributed by atoms with Crippen molar-refractivity contribution >= 4 is 88.9 Å². The molecule has 0 saturated carbocycles. The van der Waals surface area contributed by atoms with Crippen molar-refractivity contribution in [1.29, 1.82) is 0 Å². The summed E-state index contributed by atoms with van der Waals surface area (Å²) in [5, 5.41) is 38.9. The highest BCUT2D eigenvalue weighted by Gasteiger charge is 2.40. The average Bonchev–Trinajstić information content (AvgIpc) is 1.11. The number of carbonyl (C=O) groups is 4. The van der Waals surface area contributed by atoms with Gasteiger partial charge in [0.2, 0.25) is 10.5 Å². The largest absolute Gasteiger partial charge is 0.508 e. The molecule has 3 aliphatic heterocycles. The summed E-state index contributed by atoms with van der Waals surface area (Å²) in [6.07, 6.45) is -0.940. The van der Waals surface area contributed by atoms with Crippen LogP contribution in [-0.2, 0) is 32.9 Å². The first kappa shape index (κ1) is 65.3. The van der Waals surface area contributed by atoms with Crippen LogP contribution < -0.4 is 44.3 Å². The monoisotopic (exact) mass is 1240 g/mol. The van der Waals surface area contributed by atoms with Crippen molar-refractivity contribution in [3.63, 3.8) is 0 Å². The number of phenols is 4. The van der Waals surface area contributed by atoms with Gasteiger partial charge in [-0.25, -0.2) is 0 Å². The summed E-state index contributed by atoms with van der Waals surface area (Å²) in [7, 11) is -8.98. The maximum absolute atomic E-state index is 13.7. The van der Waals surface area contributed by atoms with Crippen LogP contribution in [0, 0.1) is 0 Å². The number of para-hydroxylation sites is 3. The van der Waals surface area contributed by atoms with Gasteiger partial charge in [0.25, 0.3) is 14.7 Å². The zero-order valence-corrected chi connectivity index (χ0v) is 48.1. The first-order valence-electron chi connectivity index (χ1n) is 24.9. The highest BCUT2D eigenvalue weighted by molar-refractivity contribution is 7.75. The second-order valence-electron chi connectivity index (χ2n) is 18.2. The number of aromatic hydroxyl groups is 4. The van der Waals surface area contributed by atoms with Gasteiger partial charge in [-0.05, 0) is 143 Å². The van der Waals surface area contributed by atoms with E-state index in [9.17, 15) is 43.1 Å². The predicted molar refractivity (Wildman–Crippen MR) is 332 cm³/mol. The minimum atomic E-state index is -3.56. The molecule has 0 aromatic heterocycles. The molecule has 0 fully saturated rings. The van der Waals surface area contributed by atoms with Crippen LogP contribution in [0.2, 0.25) is 0 Å². The molecule has 3 heterocycles. The fraction of sp³-hybridized carbons (Fsp3) is 0.0938. The van der Waals surface area contributed by atoms with Gasteiger partial charge in [0.15, 0.2) is 0 Å². The van der Waals surface area contributed by atoms with Gasteiger partial charge in [-0.15, -0.1) is 0 Å². The van der Waals surface area contributed by atoms with Gasteiger partial charge in [-0.2, -0.15) is 0 Å². The smallest absolute Gasteiger partial charge is 0.322 e. The molecule has 3 unspecified atom stereocenters. The summed E-state index contributed by atoms with van der Waals surface area (Å²) < 4.78 is 65.4. The van der Waals surface area contributed by atoms with E-state index < -0.39 is 51.0 Å². The standard InChI is InChI=1S/C18H13O4P.C15H12O6.2C13H11O2P.C3H2Cl2O2.2CH4/c19-12-9-10-15(20)18(11-12)23(21)17-8-4-2-6-14(17)13-5-1-3-7-16(13)22-23;16-10-1-5-12(6-2-10)20-14(18)9-15(19)21-13-7-3-11(17)4-8-13;2*1-16(14)13-9-5-3-7-11(13)10-6-2-4-8-12(10)15-16;4-2(6)1-3(5)7;;/h1-11,19-20H;1-8,16-17H,9H2;2*2-9H,1H3;1H2;2*1H4. The molecule has 0 amide bonds. The lowest BCUT2D eigenvalue weighted by molar-refractivity contribution is -0.144. The van der Waals surface area contributed by atoms with Crippen molar-refractivity contribution in [3.05, 3.63) is 212 Å². The van der Waals surface area contributed by atoms with Crippen molar-refractivity contribution in [2.75, 3.05) is 13.3 Å². The Morgan fingerprint density at radius 2 is 0.706 bits per heavy atom. The molecular weight excluding hydrogens is 1190 g/mol. The van der Waals surface area contributed by atoms with Crippen molar-refractivity contribution in [2.45, 2.75) is 27.7 Å². The molecule has 3 aliphatic rings. The van der Waals surface area contributed by atoms with E-state index in [4.69, 9.17) is 56.5 Å². The van der Waals surface area contributed by atoms with Crippen LogP contribution in [0.1, 0.15) is 27.7 Å². The second kappa shape index (κ2) is 28.6. The number of rotatable bonds is 7. The summed E-state index contributed by atoms with van der Waals surface area (Å²) in [5.41, 5.74) is 5.75. The SMILES string of the molecule is C.C.CP1(=O)Oc2ccccc2-c2ccccc21.CP1(=O)Oc2ccccc2-c2ccccc21.O=C(CC(=O)Oc1ccc(O)cc1)Oc1ccc(O)cc1.O=C(Cl)CC(=O)Cl.O=P1(c2cc(O)ccc2O)Oc2ccccc2-c2ccccc21. The third-order valence-corrected chi connectivity index (χ3v) is 18.5. The van der Waals surface area contributed by atoms with Gasteiger partial charge in [0, 0.05) is 30.0 Å². The topological polar surface area (TPSA) is 247 Å². The molecule has 0 radical (unpaired) electrons. The van der Waals surface area contributed by atoms with Crippen molar-refractivity contribution < 1.29 is 76.3 Å². The van der Waals surface area contributed by atoms with Crippen molar-refractivity contribution in [3.8, 4) is 85.1 Å². The van der Waals surface area contributed by atoms with E-state index in [1.54, 1.807) is 37.6 Å².